The maximum Gasteiger partial charge on any atom is 0.317 e. The van der Waals surface area contributed by atoms with Gasteiger partial charge in [0.2, 0.25) is 0 Å². The first kappa shape index (κ1) is 15.8. The number of piperidine rings is 1. The highest BCUT2D eigenvalue weighted by molar-refractivity contribution is 5.74. The molecule has 110 valence electrons. The zero-order valence-electron chi connectivity index (χ0n) is 12.1. The molecule has 2 N–H and O–H groups in total. The molecule has 0 aliphatic carbocycles. The number of likely N-dealkylation sites (tertiary alicyclic amines) is 1. The SMILES string of the molecule is CC(CN(C)C)NC(=O)N1CCC(CC(=O)O)CC1. The Labute approximate surface area is 114 Å². The van der Waals surface area contributed by atoms with Gasteiger partial charge in [-0.05, 0) is 39.8 Å². The second-order valence-electron chi connectivity index (χ2n) is 5.64. The number of urea groups is 1. The Morgan fingerprint density at radius 3 is 2.42 bits per heavy atom. The minimum atomic E-state index is -0.748. The van der Waals surface area contributed by atoms with Gasteiger partial charge in [0.15, 0.2) is 0 Å². The molecule has 0 aromatic carbocycles. The van der Waals surface area contributed by atoms with Crippen LogP contribution in [-0.4, -0.2) is 66.7 Å². The molecule has 1 atom stereocenters. The second kappa shape index (κ2) is 7.33. The number of rotatable bonds is 5. The highest BCUT2D eigenvalue weighted by Crippen LogP contribution is 2.20. The van der Waals surface area contributed by atoms with E-state index in [0.29, 0.717) is 13.1 Å². The molecule has 1 saturated heterocycles. The molecule has 0 saturated carbocycles. The lowest BCUT2D eigenvalue weighted by molar-refractivity contribution is -0.138. The molecule has 6 nitrogen and oxygen atoms in total. The fourth-order valence-electron chi connectivity index (χ4n) is 2.48. The first-order valence-corrected chi connectivity index (χ1v) is 6.80. The van der Waals surface area contributed by atoms with Crippen molar-refractivity contribution in [2.24, 2.45) is 5.92 Å². The lowest BCUT2D eigenvalue weighted by Crippen LogP contribution is -2.49. The molecule has 1 heterocycles. The number of nitrogens with one attached hydrogen (secondary N) is 1. The van der Waals surface area contributed by atoms with E-state index in [1.54, 1.807) is 4.90 Å². The molecule has 2 amide bonds. The molecule has 1 fully saturated rings. The third kappa shape index (κ3) is 5.92. The van der Waals surface area contributed by atoms with E-state index < -0.39 is 5.97 Å². The van der Waals surface area contributed by atoms with E-state index in [1.807, 2.05) is 25.9 Å². The largest absolute Gasteiger partial charge is 0.481 e. The van der Waals surface area contributed by atoms with Crippen LogP contribution in [0.5, 0.6) is 0 Å². The molecule has 1 unspecified atom stereocenters. The van der Waals surface area contributed by atoms with E-state index in [9.17, 15) is 9.59 Å². The van der Waals surface area contributed by atoms with Gasteiger partial charge in [0.25, 0.3) is 0 Å². The van der Waals surface area contributed by atoms with Crippen LogP contribution in [0.4, 0.5) is 4.79 Å². The highest BCUT2D eigenvalue weighted by Gasteiger charge is 2.24. The number of carbonyl (C=O) groups excluding carboxylic acids is 1. The van der Waals surface area contributed by atoms with Crippen molar-refractivity contribution in [3.05, 3.63) is 0 Å². The van der Waals surface area contributed by atoms with Crippen LogP contribution < -0.4 is 5.32 Å². The zero-order valence-corrected chi connectivity index (χ0v) is 12.1. The third-order valence-corrected chi connectivity index (χ3v) is 3.37. The van der Waals surface area contributed by atoms with E-state index in [0.717, 1.165) is 19.4 Å². The monoisotopic (exact) mass is 271 g/mol. The van der Waals surface area contributed by atoms with E-state index >= 15 is 0 Å². The zero-order chi connectivity index (χ0) is 14.4. The average molecular weight is 271 g/mol. The Hall–Kier alpha value is -1.30. The van der Waals surface area contributed by atoms with Crippen LogP contribution >= 0.6 is 0 Å². The maximum absolute atomic E-state index is 12.0. The van der Waals surface area contributed by atoms with Gasteiger partial charge in [-0.1, -0.05) is 0 Å². The number of carbonyl (C=O) groups is 2. The van der Waals surface area contributed by atoms with Crippen molar-refractivity contribution < 1.29 is 14.7 Å². The Balaban J connectivity index is 2.30. The first-order valence-electron chi connectivity index (χ1n) is 6.80. The van der Waals surface area contributed by atoms with Crippen molar-refractivity contribution >= 4 is 12.0 Å². The van der Waals surface area contributed by atoms with Crippen LogP contribution in [0.2, 0.25) is 0 Å². The summed E-state index contributed by atoms with van der Waals surface area (Å²) in [5.41, 5.74) is 0. The average Bonchev–Trinajstić information content (AvgIpc) is 2.27. The molecule has 0 aromatic heterocycles. The number of hydrogen-bond donors (Lipinski definition) is 2. The molecule has 19 heavy (non-hydrogen) atoms. The molecule has 1 rings (SSSR count). The van der Waals surface area contributed by atoms with E-state index in [1.165, 1.54) is 0 Å². The first-order chi connectivity index (χ1) is 8.88. The predicted octanol–water partition coefficient (Wildman–Crippen LogP) is 0.833. The van der Waals surface area contributed by atoms with E-state index in [2.05, 4.69) is 5.32 Å². The van der Waals surface area contributed by atoms with Crippen LogP contribution in [0.1, 0.15) is 26.2 Å². The van der Waals surface area contributed by atoms with Crippen molar-refractivity contribution in [1.82, 2.24) is 15.1 Å². The van der Waals surface area contributed by atoms with E-state index in [4.69, 9.17) is 5.11 Å². The lowest BCUT2D eigenvalue weighted by Gasteiger charge is -2.32. The van der Waals surface area contributed by atoms with Gasteiger partial charge in [-0.15, -0.1) is 0 Å². The number of amides is 2. The summed E-state index contributed by atoms with van der Waals surface area (Å²) in [6.45, 7) is 4.09. The quantitative estimate of drug-likeness (QED) is 0.777. The number of likely N-dealkylation sites (N-methyl/N-ethyl adjacent to an activating group) is 1. The van der Waals surface area contributed by atoms with Crippen molar-refractivity contribution in [1.29, 1.82) is 0 Å². The highest BCUT2D eigenvalue weighted by atomic mass is 16.4. The summed E-state index contributed by atoms with van der Waals surface area (Å²) in [5, 5.41) is 11.7. The van der Waals surface area contributed by atoms with Crippen molar-refractivity contribution in [3.8, 4) is 0 Å². The smallest absolute Gasteiger partial charge is 0.317 e. The molecule has 0 aromatic rings. The number of nitrogens with zero attached hydrogens (tertiary/aromatic N) is 2. The summed E-state index contributed by atoms with van der Waals surface area (Å²) in [7, 11) is 3.94. The summed E-state index contributed by atoms with van der Waals surface area (Å²) in [4.78, 5) is 26.4. The fourth-order valence-corrected chi connectivity index (χ4v) is 2.48. The molecular formula is C13H25N3O3. The van der Waals surface area contributed by atoms with Gasteiger partial charge in [-0.2, -0.15) is 0 Å². The predicted molar refractivity (Wildman–Crippen MR) is 73.1 cm³/mol. The van der Waals surface area contributed by atoms with Gasteiger partial charge in [0, 0.05) is 32.1 Å². The van der Waals surface area contributed by atoms with Crippen LogP contribution in [0.25, 0.3) is 0 Å². The number of carboxylic acids is 1. The Morgan fingerprint density at radius 1 is 1.37 bits per heavy atom. The summed E-state index contributed by atoms with van der Waals surface area (Å²) < 4.78 is 0. The van der Waals surface area contributed by atoms with E-state index in [-0.39, 0.29) is 24.4 Å². The summed E-state index contributed by atoms with van der Waals surface area (Å²) in [6.07, 6.45) is 1.77. The minimum absolute atomic E-state index is 0.0388. The number of carboxylic acid groups (broad SMARTS) is 1. The topological polar surface area (TPSA) is 72.9 Å². The molecule has 0 spiro atoms. The summed E-state index contributed by atoms with van der Waals surface area (Å²) in [6, 6.07) is 0.0716. The summed E-state index contributed by atoms with van der Waals surface area (Å²) in [5.74, 6) is -0.539. The van der Waals surface area contributed by atoms with Gasteiger partial charge in [0.1, 0.15) is 0 Å². The molecule has 0 radical (unpaired) electrons. The Morgan fingerprint density at radius 2 is 1.95 bits per heavy atom. The van der Waals surface area contributed by atoms with Gasteiger partial charge < -0.3 is 20.2 Å². The molecule has 6 heteroatoms. The normalized spacial score (nSPS) is 18.4. The molecular weight excluding hydrogens is 246 g/mol. The van der Waals surface area contributed by atoms with Crippen LogP contribution in [0, 0.1) is 5.92 Å². The van der Waals surface area contributed by atoms with Crippen LogP contribution in [0.3, 0.4) is 0 Å². The second-order valence-corrected chi connectivity index (χ2v) is 5.64. The van der Waals surface area contributed by atoms with Crippen LogP contribution in [-0.2, 0) is 4.79 Å². The molecule has 1 aliphatic rings. The lowest BCUT2D eigenvalue weighted by atomic mass is 9.94. The maximum atomic E-state index is 12.0. The number of aliphatic carboxylic acids is 1. The van der Waals surface area contributed by atoms with Gasteiger partial charge in [-0.3, -0.25) is 4.79 Å². The molecule has 1 aliphatic heterocycles. The summed E-state index contributed by atoms with van der Waals surface area (Å²) >= 11 is 0. The van der Waals surface area contributed by atoms with Crippen LogP contribution in [0.15, 0.2) is 0 Å². The standard InChI is InChI=1S/C13H25N3O3/c1-10(9-15(2)3)14-13(19)16-6-4-11(5-7-16)8-12(17)18/h10-11H,4-9H2,1-3H3,(H,14,19)(H,17,18). The number of hydrogen-bond acceptors (Lipinski definition) is 3. The Bertz CT molecular complexity index is 312. The van der Waals surface area contributed by atoms with Crippen molar-refractivity contribution in [2.45, 2.75) is 32.2 Å². The van der Waals surface area contributed by atoms with Crippen molar-refractivity contribution in [2.75, 3.05) is 33.7 Å². The van der Waals surface area contributed by atoms with Gasteiger partial charge >= 0.3 is 12.0 Å². The third-order valence-electron chi connectivity index (χ3n) is 3.37. The Kier molecular flexibility index (Phi) is 6.08. The van der Waals surface area contributed by atoms with Crippen molar-refractivity contribution in [3.63, 3.8) is 0 Å². The minimum Gasteiger partial charge on any atom is -0.481 e. The van der Waals surface area contributed by atoms with Gasteiger partial charge in [0.05, 0.1) is 0 Å². The fraction of sp³-hybridized carbons (Fsp3) is 0.846. The molecule has 0 bridgehead atoms. The van der Waals surface area contributed by atoms with Gasteiger partial charge in [-0.25, -0.2) is 4.79 Å².